The van der Waals surface area contributed by atoms with Crippen LogP contribution in [0, 0.1) is 5.92 Å². The van der Waals surface area contributed by atoms with Gasteiger partial charge in [0, 0.05) is 25.7 Å². The van der Waals surface area contributed by atoms with Crippen molar-refractivity contribution in [2.45, 2.75) is 19.3 Å². The number of para-hydroxylation sites is 2. The van der Waals surface area contributed by atoms with Gasteiger partial charge in [-0.25, -0.2) is 13.8 Å². The van der Waals surface area contributed by atoms with Gasteiger partial charge >= 0.3 is 0 Å². The van der Waals surface area contributed by atoms with E-state index < -0.39 is 6.43 Å². The highest BCUT2D eigenvalue weighted by atomic mass is 19.3. The van der Waals surface area contributed by atoms with Crippen molar-refractivity contribution in [2.24, 2.45) is 5.92 Å². The molecule has 1 aromatic carbocycles. The molecular formula is C22H27F2N7O. The Bertz CT molecular complexity index is 1060. The molecular weight excluding hydrogens is 416 g/mol. The summed E-state index contributed by atoms with van der Waals surface area (Å²) in [6.45, 7) is 5.29. The minimum absolute atomic E-state index is 0.317. The second-order valence-electron chi connectivity index (χ2n) is 8.18. The third-order valence-corrected chi connectivity index (χ3v) is 6.04. The maximum atomic E-state index is 13.9. The van der Waals surface area contributed by atoms with Crippen LogP contribution in [0.3, 0.4) is 0 Å². The second kappa shape index (κ2) is 9.33. The van der Waals surface area contributed by atoms with E-state index in [9.17, 15) is 8.78 Å². The molecule has 2 aliphatic heterocycles. The van der Waals surface area contributed by atoms with E-state index in [0.29, 0.717) is 60.8 Å². The van der Waals surface area contributed by atoms with E-state index in [4.69, 9.17) is 9.72 Å². The van der Waals surface area contributed by atoms with Gasteiger partial charge in [0.2, 0.25) is 5.95 Å². The van der Waals surface area contributed by atoms with E-state index in [1.165, 1.54) is 4.57 Å². The van der Waals surface area contributed by atoms with Gasteiger partial charge in [0.15, 0.2) is 5.82 Å². The Labute approximate surface area is 185 Å². The van der Waals surface area contributed by atoms with Gasteiger partial charge in [-0.2, -0.15) is 9.97 Å². The zero-order valence-electron chi connectivity index (χ0n) is 17.8. The Morgan fingerprint density at radius 1 is 1.09 bits per heavy atom. The molecule has 10 heteroatoms. The first-order valence-electron chi connectivity index (χ1n) is 11.1. The lowest BCUT2D eigenvalue weighted by molar-refractivity contribution is 0.122. The van der Waals surface area contributed by atoms with Crippen LogP contribution in [0.1, 0.15) is 25.1 Å². The van der Waals surface area contributed by atoms with E-state index >= 15 is 0 Å². The summed E-state index contributed by atoms with van der Waals surface area (Å²) >= 11 is 0. The van der Waals surface area contributed by atoms with E-state index in [1.54, 1.807) is 24.3 Å². The minimum atomic E-state index is -2.73. The number of hydrogen-bond donors (Lipinski definition) is 2. The lowest BCUT2D eigenvalue weighted by Gasteiger charge is -2.28. The SMILES string of the molecule is FC(F)c1nc2ccccc2n1-c1cc(NCC2CCNCC2)nc(N2CCOCC2)n1. The number of imidazole rings is 1. The molecule has 2 aromatic heterocycles. The van der Waals surface area contributed by atoms with Crippen LogP contribution < -0.4 is 15.5 Å². The van der Waals surface area contributed by atoms with Gasteiger partial charge in [-0.05, 0) is 44.0 Å². The van der Waals surface area contributed by atoms with Crippen molar-refractivity contribution in [1.82, 2.24) is 24.8 Å². The summed E-state index contributed by atoms with van der Waals surface area (Å²) in [5.74, 6) is 1.76. The molecule has 0 atom stereocenters. The monoisotopic (exact) mass is 443 g/mol. The minimum Gasteiger partial charge on any atom is -0.378 e. The number of ether oxygens (including phenoxy) is 1. The van der Waals surface area contributed by atoms with Gasteiger partial charge in [-0.15, -0.1) is 0 Å². The number of nitrogens with zero attached hydrogens (tertiary/aromatic N) is 5. The Hall–Kier alpha value is -2.85. The van der Waals surface area contributed by atoms with Crippen molar-refractivity contribution in [1.29, 1.82) is 0 Å². The number of aromatic nitrogens is 4. The smallest absolute Gasteiger partial charge is 0.296 e. The molecule has 0 spiro atoms. The molecule has 0 radical (unpaired) electrons. The first-order valence-corrected chi connectivity index (χ1v) is 11.1. The lowest BCUT2D eigenvalue weighted by atomic mass is 9.98. The van der Waals surface area contributed by atoms with Gasteiger partial charge in [-0.1, -0.05) is 12.1 Å². The zero-order valence-corrected chi connectivity index (χ0v) is 17.8. The number of nitrogens with one attached hydrogen (secondary N) is 2. The molecule has 2 fully saturated rings. The first-order chi connectivity index (χ1) is 15.7. The second-order valence-corrected chi connectivity index (χ2v) is 8.18. The molecule has 3 aromatic rings. The van der Waals surface area contributed by atoms with Crippen LogP contribution >= 0.6 is 0 Å². The molecule has 8 nitrogen and oxygen atoms in total. The Kier molecular flexibility index (Phi) is 6.13. The highest BCUT2D eigenvalue weighted by Crippen LogP contribution is 2.29. The van der Waals surface area contributed by atoms with E-state index in [1.807, 2.05) is 11.0 Å². The number of alkyl halides is 2. The highest BCUT2D eigenvalue weighted by molar-refractivity contribution is 5.78. The van der Waals surface area contributed by atoms with Crippen molar-refractivity contribution in [3.05, 3.63) is 36.2 Å². The molecule has 2 aliphatic rings. The Balaban J connectivity index is 1.55. The fraction of sp³-hybridized carbons (Fsp3) is 0.500. The number of anilines is 2. The molecule has 4 heterocycles. The summed E-state index contributed by atoms with van der Waals surface area (Å²) in [7, 11) is 0. The molecule has 2 N–H and O–H groups in total. The number of rotatable bonds is 6. The van der Waals surface area contributed by atoms with Crippen LogP contribution in [0.5, 0.6) is 0 Å². The first kappa shape index (κ1) is 21.0. The lowest BCUT2D eigenvalue weighted by Crippen LogP contribution is -2.37. The van der Waals surface area contributed by atoms with E-state index in [0.717, 1.165) is 32.5 Å². The average molecular weight is 444 g/mol. The number of hydrogen-bond acceptors (Lipinski definition) is 7. The normalized spacial score (nSPS) is 17.9. The van der Waals surface area contributed by atoms with Gasteiger partial charge in [0.05, 0.1) is 24.2 Å². The standard InChI is InChI=1S/C22H27F2N7O/c23-20(24)21-27-16-3-1-2-4-17(16)31(21)19-13-18(26-14-15-5-7-25-8-6-15)28-22(29-19)30-9-11-32-12-10-30/h1-4,13,15,20,25H,5-12,14H2,(H,26,28,29). The van der Waals surface area contributed by atoms with Crippen LogP contribution in [0.15, 0.2) is 30.3 Å². The van der Waals surface area contributed by atoms with Crippen LogP contribution in [0.25, 0.3) is 16.9 Å². The number of halogens is 2. The third kappa shape index (κ3) is 4.37. The van der Waals surface area contributed by atoms with Crippen LogP contribution in [0.2, 0.25) is 0 Å². The van der Waals surface area contributed by atoms with Gasteiger partial charge < -0.3 is 20.3 Å². The summed E-state index contributed by atoms with van der Waals surface area (Å²) in [5, 5.41) is 6.81. The molecule has 0 saturated carbocycles. The zero-order chi connectivity index (χ0) is 21.9. The summed E-state index contributed by atoms with van der Waals surface area (Å²) in [5.41, 5.74) is 1.11. The predicted octanol–water partition coefficient (Wildman–Crippen LogP) is 3.00. The highest BCUT2D eigenvalue weighted by Gasteiger charge is 2.23. The fourth-order valence-corrected chi connectivity index (χ4v) is 4.30. The molecule has 2 saturated heterocycles. The topological polar surface area (TPSA) is 80.1 Å². The van der Waals surface area contributed by atoms with Gasteiger partial charge in [0.1, 0.15) is 11.6 Å². The summed E-state index contributed by atoms with van der Waals surface area (Å²) in [6.07, 6.45) is -0.526. The Morgan fingerprint density at radius 2 is 1.88 bits per heavy atom. The van der Waals surface area contributed by atoms with Crippen molar-refractivity contribution >= 4 is 22.8 Å². The Morgan fingerprint density at radius 3 is 2.66 bits per heavy atom. The molecule has 32 heavy (non-hydrogen) atoms. The number of benzene rings is 1. The molecule has 0 unspecified atom stereocenters. The van der Waals surface area contributed by atoms with Crippen molar-refractivity contribution in [3.63, 3.8) is 0 Å². The van der Waals surface area contributed by atoms with Crippen molar-refractivity contribution in [3.8, 4) is 5.82 Å². The van der Waals surface area contributed by atoms with Gasteiger partial charge in [0.25, 0.3) is 6.43 Å². The van der Waals surface area contributed by atoms with Crippen LogP contribution in [-0.2, 0) is 4.74 Å². The maximum absolute atomic E-state index is 13.9. The largest absolute Gasteiger partial charge is 0.378 e. The molecule has 0 bridgehead atoms. The maximum Gasteiger partial charge on any atom is 0.296 e. The third-order valence-electron chi connectivity index (χ3n) is 6.04. The van der Waals surface area contributed by atoms with Crippen molar-refractivity contribution < 1.29 is 13.5 Å². The van der Waals surface area contributed by atoms with Gasteiger partial charge in [-0.3, -0.25) is 4.57 Å². The quantitative estimate of drug-likeness (QED) is 0.606. The molecule has 170 valence electrons. The number of morpholine rings is 1. The summed E-state index contributed by atoms with van der Waals surface area (Å²) in [6, 6.07) is 8.87. The molecule has 0 amide bonds. The molecule has 5 rings (SSSR count). The van der Waals surface area contributed by atoms with E-state index in [-0.39, 0.29) is 5.82 Å². The summed E-state index contributed by atoms with van der Waals surface area (Å²) < 4.78 is 34.7. The predicted molar refractivity (Wildman–Crippen MR) is 119 cm³/mol. The number of fused-ring (bicyclic) bond motifs is 1. The van der Waals surface area contributed by atoms with Crippen LogP contribution in [0.4, 0.5) is 20.5 Å². The van der Waals surface area contributed by atoms with Crippen LogP contribution in [-0.4, -0.2) is 65.5 Å². The van der Waals surface area contributed by atoms with E-state index in [2.05, 4.69) is 20.6 Å². The summed E-state index contributed by atoms with van der Waals surface area (Å²) in [4.78, 5) is 15.6. The number of piperidine rings is 1. The fourth-order valence-electron chi connectivity index (χ4n) is 4.30. The molecule has 0 aliphatic carbocycles. The average Bonchev–Trinajstić information content (AvgIpc) is 3.24. The van der Waals surface area contributed by atoms with Crippen molar-refractivity contribution in [2.75, 3.05) is 56.2 Å².